The van der Waals surface area contributed by atoms with Gasteiger partial charge in [0.1, 0.15) is 5.84 Å². The van der Waals surface area contributed by atoms with Crippen LogP contribution in [0.4, 0.5) is 13.2 Å². The zero-order valence-electron chi connectivity index (χ0n) is 11.3. The SMILES string of the molecule is CC(CC(N)=NO)NC(=O)C1CCC(C(F)(F)F)CC1. The van der Waals surface area contributed by atoms with E-state index in [-0.39, 0.29) is 55.8 Å². The second kappa shape index (κ2) is 6.81. The molecule has 0 bridgehead atoms. The summed E-state index contributed by atoms with van der Waals surface area (Å²) in [6.45, 7) is 1.69. The van der Waals surface area contributed by atoms with Gasteiger partial charge in [0.05, 0.1) is 5.92 Å². The lowest BCUT2D eigenvalue weighted by atomic mass is 9.81. The van der Waals surface area contributed by atoms with E-state index >= 15 is 0 Å². The minimum Gasteiger partial charge on any atom is -0.409 e. The predicted octanol–water partition coefficient (Wildman–Crippen LogP) is 2.00. The molecule has 1 saturated carbocycles. The van der Waals surface area contributed by atoms with Gasteiger partial charge in [-0.3, -0.25) is 4.79 Å². The van der Waals surface area contributed by atoms with Gasteiger partial charge >= 0.3 is 6.18 Å². The van der Waals surface area contributed by atoms with Gasteiger partial charge < -0.3 is 16.3 Å². The molecule has 4 N–H and O–H groups in total. The maximum absolute atomic E-state index is 12.5. The van der Waals surface area contributed by atoms with E-state index in [1.165, 1.54) is 0 Å². The first-order valence-corrected chi connectivity index (χ1v) is 6.57. The first-order valence-electron chi connectivity index (χ1n) is 6.57. The van der Waals surface area contributed by atoms with Crippen LogP contribution in [0.15, 0.2) is 5.16 Å². The molecule has 0 heterocycles. The van der Waals surface area contributed by atoms with Crippen molar-refractivity contribution in [2.45, 2.75) is 51.2 Å². The van der Waals surface area contributed by atoms with E-state index in [0.29, 0.717) is 0 Å². The van der Waals surface area contributed by atoms with Crippen LogP contribution in [0.2, 0.25) is 0 Å². The van der Waals surface area contributed by atoms with Gasteiger partial charge in [0.2, 0.25) is 5.91 Å². The predicted molar refractivity (Wildman–Crippen MR) is 67.1 cm³/mol. The molecule has 5 nitrogen and oxygen atoms in total. The molecule has 0 aromatic heterocycles. The van der Waals surface area contributed by atoms with Crippen LogP contribution in [-0.2, 0) is 4.79 Å². The van der Waals surface area contributed by atoms with Crippen LogP contribution in [0.25, 0.3) is 0 Å². The lowest BCUT2D eigenvalue weighted by molar-refractivity contribution is -0.184. The summed E-state index contributed by atoms with van der Waals surface area (Å²) >= 11 is 0. The number of amidine groups is 1. The normalized spacial score (nSPS) is 26.1. The zero-order chi connectivity index (χ0) is 15.3. The molecule has 0 aromatic rings. The molecule has 1 amide bonds. The average Bonchev–Trinajstić information content (AvgIpc) is 2.37. The van der Waals surface area contributed by atoms with Gasteiger partial charge in [-0.2, -0.15) is 13.2 Å². The van der Waals surface area contributed by atoms with E-state index in [0.717, 1.165) is 0 Å². The maximum atomic E-state index is 12.5. The van der Waals surface area contributed by atoms with Crippen molar-refractivity contribution in [3.63, 3.8) is 0 Å². The number of carbonyl (C=O) groups excluding carboxylic acids is 1. The highest BCUT2D eigenvalue weighted by Crippen LogP contribution is 2.39. The third-order valence-corrected chi connectivity index (χ3v) is 3.59. The van der Waals surface area contributed by atoms with Crippen molar-refractivity contribution < 1.29 is 23.2 Å². The van der Waals surface area contributed by atoms with Crippen molar-refractivity contribution in [3.05, 3.63) is 0 Å². The fourth-order valence-corrected chi connectivity index (χ4v) is 2.45. The maximum Gasteiger partial charge on any atom is 0.391 e. The summed E-state index contributed by atoms with van der Waals surface area (Å²) < 4.78 is 37.5. The molecule has 20 heavy (non-hydrogen) atoms. The number of nitrogens with one attached hydrogen (secondary N) is 1. The van der Waals surface area contributed by atoms with E-state index in [4.69, 9.17) is 10.9 Å². The summed E-state index contributed by atoms with van der Waals surface area (Å²) in [6.07, 6.45) is -3.49. The molecular formula is C12H20F3N3O2. The Morgan fingerprint density at radius 3 is 2.40 bits per heavy atom. The second-order valence-electron chi connectivity index (χ2n) is 5.30. The summed E-state index contributed by atoms with van der Waals surface area (Å²) in [5.74, 6) is -1.94. The van der Waals surface area contributed by atoms with Crippen molar-refractivity contribution in [2.24, 2.45) is 22.7 Å². The average molecular weight is 295 g/mol. The van der Waals surface area contributed by atoms with Crippen molar-refractivity contribution in [1.29, 1.82) is 0 Å². The van der Waals surface area contributed by atoms with E-state index < -0.39 is 12.1 Å². The molecule has 1 atom stereocenters. The molecule has 1 fully saturated rings. The minimum atomic E-state index is -4.17. The van der Waals surface area contributed by atoms with Crippen LogP contribution in [0.3, 0.4) is 0 Å². The second-order valence-corrected chi connectivity index (χ2v) is 5.30. The Morgan fingerprint density at radius 1 is 1.40 bits per heavy atom. The van der Waals surface area contributed by atoms with Crippen LogP contribution in [0.5, 0.6) is 0 Å². The number of nitrogens with zero attached hydrogens (tertiary/aromatic N) is 1. The molecule has 0 spiro atoms. The highest BCUT2D eigenvalue weighted by Gasteiger charge is 2.42. The topological polar surface area (TPSA) is 87.7 Å². The molecule has 116 valence electrons. The van der Waals surface area contributed by atoms with Crippen LogP contribution in [0, 0.1) is 11.8 Å². The van der Waals surface area contributed by atoms with Crippen molar-refractivity contribution in [2.75, 3.05) is 0 Å². The molecule has 0 saturated heterocycles. The van der Waals surface area contributed by atoms with Gasteiger partial charge in [-0.1, -0.05) is 5.16 Å². The van der Waals surface area contributed by atoms with Gasteiger partial charge in [-0.15, -0.1) is 0 Å². The Bertz CT molecular complexity index is 363. The Hall–Kier alpha value is -1.47. The van der Waals surface area contributed by atoms with Gasteiger partial charge in [-0.25, -0.2) is 0 Å². The lowest BCUT2D eigenvalue weighted by Gasteiger charge is -2.29. The fourth-order valence-electron chi connectivity index (χ4n) is 2.45. The monoisotopic (exact) mass is 295 g/mol. The van der Waals surface area contributed by atoms with Gasteiger partial charge in [0.15, 0.2) is 0 Å². The Balaban J connectivity index is 2.40. The minimum absolute atomic E-state index is 0.00132. The standard InChI is InChI=1S/C12H20F3N3O2/c1-7(6-10(16)18-20)17-11(19)8-2-4-9(5-3-8)12(13,14)15/h7-9,20H,2-6H2,1H3,(H2,16,18)(H,17,19). The van der Waals surface area contributed by atoms with Gasteiger partial charge in [0, 0.05) is 18.4 Å². The highest BCUT2D eigenvalue weighted by atomic mass is 19.4. The van der Waals surface area contributed by atoms with Crippen molar-refractivity contribution in [3.8, 4) is 0 Å². The van der Waals surface area contributed by atoms with Crippen molar-refractivity contribution >= 4 is 11.7 Å². The number of amides is 1. The van der Waals surface area contributed by atoms with Gasteiger partial charge in [-0.05, 0) is 32.6 Å². The third kappa shape index (κ3) is 4.90. The number of carbonyl (C=O) groups is 1. The highest BCUT2D eigenvalue weighted by molar-refractivity contribution is 5.82. The molecule has 0 radical (unpaired) electrons. The Labute approximate surface area is 115 Å². The number of rotatable bonds is 4. The number of alkyl halides is 3. The summed E-state index contributed by atoms with van der Waals surface area (Å²) in [6, 6.07) is -0.321. The van der Waals surface area contributed by atoms with Crippen LogP contribution in [0.1, 0.15) is 39.0 Å². The number of hydrogen-bond acceptors (Lipinski definition) is 3. The number of oxime groups is 1. The molecule has 0 aromatic carbocycles. The van der Waals surface area contributed by atoms with Crippen LogP contribution in [-0.4, -0.2) is 29.2 Å². The molecule has 1 rings (SSSR count). The first-order chi connectivity index (χ1) is 9.24. The zero-order valence-corrected chi connectivity index (χ0v) is 11.3. The largest absolute Gasteiger partial charge is 0.409 e. The lowest BCUT2D eigenvalue weighted by Crippen LogP contribution is -2.41. The van der Waals surface area contributed by atoms with Crippen molar-refractivity contribution in [1.82, 2.24) is 5.32 Å². The summed E-state index contributed by atoms with van der Waals surface area (Å²) in [5.41, 5.74) is 5.32. The summed E-state index contributed by atoms with van der Waals surface area (Å²) in [5, 5.41) is 13.9. The van der Waals surface area contributed by atoms with Gasteiger partial charge in [0.25, 0.3) is 0 Å². The molecule has 8 heteroatoms. The molecule has 1 aliphatic carbocycles. The first kappa shape index (κ1) is 16.6. The molecular weight excluding hydrogens is 275 g/mol. The fraction of sp³-hybridized carbons (Fsp3) is 0.833. The van der Waals surface area contributed by atoms with Crippen LogP contribution >= 0.6 is 0 Å². The van der Waals surface area contributed by atoms with E-state index in [1.54, 1.807) is 6.92 Å². The smallest absolute Gasteiger partial charge is 0.391 e. The number of nitrogens with two attached hydrogens (primary N) is 1. The quantitative estimate of drug-likeness (QED) is 0.321. The molecule has 1 aliphatic rings. The summed E-state index contributed by atoms with van der Waals surface area (Å²) in [4.78, 5) is 11.9. The van der Waals surface area contributed by atoms with E-state index in [9.17, 15) is 18.0 Å². The Kier molecular flexibility index (Phi) is 5.64. The van der Waals surface area contributed by atoms with E-state index in [2.05, 4.69) is 10.5 Å². The number of halogens is 3. The third-order valence-electron chi connectivity index (χ3n) is 3.59. The molecule has 1 unspecified atom stereocenters. The van der Waals surface area contributed by atoms with E-state index in [1.807, 2.05) is 0 Å². The molecule has 0 aliphatic heterocycles. The number of hydrogen-bond donors (Lipinski definition) is 3. The van der Waals surface area contributed by atoms with Crippen LogP contribution < -0.4 is 11.1 Å². The summed E-state index contributed by atoms with van der Waals surface area (Å²) in [7, 11) is 0. The Morgan fingerprint density at radius 2 is 1.95 bits per heavy atom.